The molecule has 3 N–H and O–H groups in total. The van der Waals surface area contributed by atoms with E-state index in [1.165, 1.54) is 51.4 Å². The van der Waals surface area contributed by atoms with Gasteiger partial charge in [0.1, 0.15) is 0 Å². The summed E-state index contributed by atoms with van der Waals surface area (Å²) in [6.07, 6.45) is 12.4. The van der Waals surface area contributed by atoms with Gasteiger partial charge in [-0.15, -0.1) is 0 Å². The molecule has 0 spiro atoms. The molecule has 0 heterocycles. The molecule has 2 rings (SSSR count). The monoisotopic (exact) mass is 253 g/mol. The molecule has 0 aromatic heterocycles. The summed E-state index contributed by atoms with van der Waals surface area (Å²) in [5.41, 5.74) is 6.12. The number of aliphatic hydroxyl groups excluding tert-OH is 1. The zero-order valence-corrected chi connectivity index (χ0v) is 12.0. The van der Waals surface area contributed by atoms with E-state index in [1.807, 2.05) is 0 Å². The van der Waals surface area contributed by atoms with E-state index < -0.39 is 0 Å². The fourth-order valence-corrected chi connectivity index (χ4v) is 4.23. The Hall–Kier alpha value is -0.0800. The molecule has 2 nitrogen and oxygen atoms in total. The van der Waals surface area contributed by atoms with E-state index in [4.69, 9.17) is 5.73 Å². The molecule has 2 fully saturated rings. The third-order valence-corrected chi connectivity index (χ3v) is 5.81. The van der Waals surface area contributed by atoms with E-state index in [2.05, 4.69) is 6.92 Å². The first-order valence-electron chi connectivity index (χ1n) is 8.10. The molecule has 0 bridgehead atoms. The number of aliphatic hydroxyl groups is 1. The number of hydrogen-bond acceptors (Lipinski definition) is 2. The SMILES string of the molecule is CCC1CCC(CN)(C(O)C2CCCCC2)CC1. The van der Waals surface area contributed by atoms with Crippen LogP contribution in [-0.2, 0) is 0 Å². The molecule has 0 saturated heterocycles. The topological polar surface area (TPSA) is 46.2 Å². The van der Waals surface area contributed by atoms with Crippen LogP contribution in [0.1, 0.15) is 71.1 Å². The number of hydrogen-bond donors (Lipinski definition) is 2. The van der Waals surface area contributed by atoms with Crippen molar-refractivity contribution in [2.24, 2.45) is 23.0 Å². The van der Waals surface area contributed by atoms with Gasteiger partial charge in [0.25, 0.3) is 0 Å². The van der Waals surface area contributed by atoms with Crippen molar-refractivity contribution in [1.82, 2.24) is 0 Å². The average Bonchev–Trinajstić information content (AvgIpc) is 2.47. The average molecular weight is 253 g/mol. The quantitative estimate of drug-likeness (QED) is 0.806. The highest BCUT2D eigenvalue weighted by Gasteiger charge is 2.43. The van der Waals surface area contributed by atoms with Gasteiger partial charge in [-0.2, -0.15) is 0 Å². The normalized spacial score (nSPS) is 36.5. The van der Waals surface area contributed by atoms with Crippen LogP contribution in [0, 0.1) is 17.3 Å². The molecule has 2 aliphatic carbocycles. The van der Waals surface area contributed by atoms with Crippen molar-refractivity contribution in [1.29, 1.82) is 0 Å². The minimum absolute atomic E-state index is 0.0493. The van der Waals surface area contributed by atoms with E-state index in [0.717, 1.165) is 18.8 Å². The van der Waals surface area contributed by atoms with Crippen molar-refractivity contribution in [3.63, 3.8) is 0 Å². The Morgan fingerprint density at radius 1 is 1.11 bits per heavy atom. The van der Waals surface area contributed by atoms with Crippen LogP contribution < -0.4 is 5.73 Å². The van der Waals surface area contributed by atoms with E-state index in [0.29, 0.717) is 12.5 Å². The molecular weight excluding hydrogens is 222 g/mol. The van der Waals surface area contributed by atoms with E-state index >= 15 is 0 Å². The van der Waals surface area contributed by atoms with Gasteiger partial charge in [0.15, 0.2) is 0 Å². The van der Waals surface area contributed by atoms with Crippen LogP contribution in [0.25, 0.3) is 0 Å². The molecule has 0 amide bonds. The summed E-state index contributed by atoms with van der Waals surface area (Å²) in [4.78, 5) is 0. The Balaban J connectivity index is 1.98. The van der Waals surface area contributed by atoms with Gasteiger partial charge in [-0.05, 0) is 50.4 Å². The predicted molar refractivity (Wildman–Crippen MR) is 76.3 cm³/mol. The molecule has 2 heteroatoms. The standard InChI is InChI=1S/C16H31NO/c1-2-13-8-10-16(12-17,11-9-13)15(18)14-6-4-3-5-7-14/h13-15,18H,2-12,17H2,1H3. The molecule has 0 aromatic rings. The van der Waals surface area contributed by atoms with Gasteiger partial charge in [0.05, 0.1) is 6.10 Å². The van der Waals surface area contributed by atoms with Crippen molar-refractivity contribution < 1.29 is 5.11 Å². The lowest BCUT2D eigenvalue weighted by molar-refractivity contribution is -0.0537. The molecule has 0 radical (unpaired) electrons. The molecule has 0 aliphatic heterocycles. The van der Waals surface area contributed by atoms with E-state index in [1.54, 1.807) is 0 Å². The van der Waals surface area contributed by atoms with Crippen LogP contribution in [0.15, 0.2) is 0 Å². The summed E-state index contributed by atoms with van der Waals surface area (Å²) in [7, 11) is 0. The molecule has 1 unspecified atom stereocenters. The summed E-state index contributed by atoms with van der Waals surface area (Å²) in [5, 5.41) is 10.8. The van der Waals surface area contributed by atoms with Gasteiger partial charge in [-0.1, -0.05) is 32.6 Å². The second kappa shape index (κ2) is 6.38. The first kappa shape index (κ1) is 14.3. The molecule has 2 aliphatic rings. The summed E-state index contributed by atoms with van der Waals surface area (Å²) in [6, 6.07) is 0. The van der Waals surface area contributed by atoms with Gasteiger partial charge in [0, 0.05) is 12.0 Å². The Kier molecular flexibility index (Phi) is 5.08. The Morgan fingerprint density at radius 3 is 2.22 bits per heavy atom. The van der Waals surface area contributed by atoms with Gasteiger partial charge in [0.2, 0.25) is 0 Å². The van der Waals surface area contributed by atoms with Crippen molar-refractivity contribution >= 4 is 0 Å². The minimum Gasteiger partial charge on any atom is -0.392 e. The zero-order chi connectivity index (χ0) is 13.0. The van der Waals surface area contributed by atoms with Crippen molar-refractivity contribution in [3.05, 3.63) is 0 Å². The highest BCUT2D eigenvalue weighted by atomic mass is 16.3. The summed E-state index contributed by atoms with van der Waals surface area (Å²) in [6.45, 7) is 2.97. The highest BCUT2D eigenvalue weighted by Crippen LogP contribution is 2.46. The number of nitrogens with two attached hydrogens (primary N) is 1. The van der Waals surface area contributed by atoms with Crippen LogP contribution in [0.2, 0.25) is 0 Å². The van der Waals surface area contributed by atoms with Gasteiger partial charge in [-0.3, -0.25) is 0 Å². The third-order valence-electron chi connectivity index (χ3n) is 5.81. The van der Waals surface area contributed by atoms with Crippen LogP contribution in [0.3, 0.4) is 0 Å². The molecule has 0 aromatic carbocycles. The number of rotatable bonds is 4. The van der Waals surface area contributed by atoms with Crippen molar-refractivity contribution in [2.75, 3.05) is 6.54 Å². The van der Waals surface area contributed by atoms with E-state index in [9.17, 15) is 5.11 Å². The zero-order valence-electron chi connectivity index (χ0n) is 12.0. The second-order valence-electron chi connectivity index (χ2n) is 6.76. The lowest BCUT2D eigenvalue weighted by Gasteiger charge is -2.46. The second-order valence-corrected chi connectivity index (χ2v) is 6.76. The molecule has 106 valence electrons. The first-order chi connectivity index (χ1) is 8.72. The Labute approximate surface area is 112 Å². The molecule has 2 saturated carbocycles. The van der Waals surface area contributed by atoms with Gasteiger partial charge >= 0.3 is 0 Å². The summed E-state index contributed by atoms with van der Waals surface area (Å²) < 4.78 is 0. The maximum absolute atomic E-state index is 10.8. The molecule has 18 heavy (non-hydrogen) atoms. The van der Waals surface area contributed by atoms with Crippen LogP contribution >= 0.6 is 0 Å². The Bertz CT molecular complexity index is 239. The fourth-order valence-electron chi connectivity index (χ4n) is 4.23. The predicted octanol–water partition coefficient (Wildman–Crippen LogP) is 3.47. The van der Waals surface area contributed by atoms with Crippen molar-refractivity contribution in [2.45, 2.75) is 77.2 Å². The molecule has 1 atom stereocenters. The maximum atomic E-state index is 10.8. The first-order valence-corrected chi connectivity index (χ1v) is 8.10. The van der Waals surface area contributed by atoms with Crippen LogP contribution in [0.4, 0.5) is 0 Å². The van der Waals surface area contributed by atoms with Crippen LogP contribution in [0.5, 0.6) is 0 Å². The lowest BCUT2D eigenvalue weighted by Crippen LogP contribution is -2.48. The minimum atomic E-state index is -0.138. The lowest BCUT2D eigenvalue weighted by atomic mass is 9.62. The summed E-state index contributed by atoms with van der Waals surface area (Å²) >= 11 is 0. The van der Waals surface area contributed by atoms with E-state index in [-0.39, 0.29) is 11.5 Å². The smallest absolute Gasteiger partial charge is 0.0636 e. The fraction of sp³-hybridized carbons (Fsp3) is 1.00. The third kappa shape index (κ3) is 2.91. The maximum Gasteiger partial charge on any atom is 0.0636 e. The highest BCUT2D eigenvalue weighted by molar-refractivity contribution is 4.95. The van der Waals surface area contributed by atoms with Crippen LogP contribution in [-0.4, -0.2) is 17.8 Å². The van der Waals surface area contributed by atoms with Gasteiger partial charge < -0.3 is 10.8 Å². The van der Waals surface area contributed by atoms with Gasteiger partial charge in [-0.25, -0.2) is 0 Å². The summed E-state index contributed by atoms with van der Waals surface area (Å²) in [5.74, 6) is 1.41. The van der Waals surface area contributed by atoms with Crippen molar-refractivity contribution in [3.8, 4) is 0 Å². The molecular formula is C16H31NO. The largest absolute Gasteiger partial charge is 0.392 e. The Morgan fingerprint density at radius 2 is 1.72 bits per heavy atom.